The number of anilines is 3. The van der Waals surface area contributed by atoms with Gasteiger partial charge >= 0.3 is 0 Å². The monoisotopic (exact) mass is 533 g/mol. The van der Waals surface area contributed by atoms with E-state index >= 15 is 0 Å². The normalized spacial score (nSPS) is 11.2. The van der Waals surface area contributed by atoms with Crippen molar-refractivity contribution in [3.63, 3.8) is 0 Å². The van der Waals surface area contributed by atoms with Crippen LogP contribution in [0.2, 0.25) is 0 Å². The standard InChI is InChI=1S/C10H10N2O7S2.C10H9N.C4H8/c11-5-1-2-6(20(14,15)16)4-3-7(21(17,18)19)9(12)10(13)8(4)5;11-10-7-3-5-8-4-1-2-6-9(8)10;1-3-4-2/h1-3,13H,11-12H2,(H,14,15,16)(H,17,18,19);1-7H,11H2;3H,1,4H2,2H3. The molecule has 0 heterocycles. The van der Waals surface area contributed by atoms with Gasteiger partial charge in [-0.1, -0.05) is 49.4 Å². The van der Waals surface area contributed by atoms with Crippen molar-refractivity contribution < 1.29 is 31.0 Å². The van der Waals surface area contributed by atoms with Gasteiger partial charge in [0.2, 0.25) is 0 Å². The van der Waals surface area contributed by atoms with E-state index in [9.17, 15) is 21.9 Å². The number of allylic oxidation sites excluding steroid dienone is 1. The molecule has 10 nitrogen and oxygen atoms in total. The van der Waals surface area contributed by atoms with Crippen molar-refractivity contribution in [2.45, 2.75) is 23.1 Å². The highest BCUT2D eigenvalue weighted by Gasteiger charge is 2.24. The van der Waals surface area contributed by atoms with Gasteiger partial charge in [-0.2, -0.15) is 16.8 Å². The van der Waals surface area contributed by atoms with Crippen LogP contribution in [0, 0.1) is 0 Å². The second-order valence-electron chi connectivity index (χ2n) is 7.43. The summed E-state index contributed by atoms with van der Waals surface area (Å²) >= 11 is 0. The second-order valence-corrected chi connectivity index (χ2v) is 10.2. The predicted molar refractivity (Wildman–Crippen MR) is 143 cm³/mol. The molecular formula is C24H27N3O7S2. The van der Waals surface area contributed by atoms with Crippen LogP contribution in [0.1, 0.15) is 13.3 Å². The van der Waals surface area contributed by atoms with Gasteiger partial charge in [-0.25, -0.2) is 0 Å². The maximum absolute atomic E-state index is 11.3. The average Bonchev–Trinajstić information content (AvgIpc) is 2.80. The molecule has 4 aromatic rings. The number of nitrogens with two attached hydrogens (primary N) is 3. The number of rotatable bonds is 3. The van der Waals surface area contributed by atoms with Crippen LogP contribution in [0.5, 0.6) is 5.75 Å². The van der Waals surface area contributed by atoms with Gasteiger partial charge in [-0.15, -0.1) is 6.58 Å². The maximum Gasteiger partial charge on any atom is 0.296 e. The molecule has 0 saturated heterocycles. The number of hydrogen-bond acceptors (Lipinski definition) is 8. The summed E-state index contributed by atoms with van der Waals surface area (Å²) in [5.41, 5.74) is 16.8. The SMILES string of the molecule is C=CCC.Nc1c(S(=O)(=O)O)cc2c(S(=O)(=O)O)ccc(N)c2c1O.Nc1cccc2ccccc12. The lowest BCUT2D eigenvalue weighted by molar-refractivity contribution is 0.473. The van der Waals surface area contributed by atoms with Crippen molar-refractivity contribution in [2.75, 3.05) is 17.2 Å². The Balaban J connectivity index is 0.000000252. The minimum Gasteiger partial charge on any atom is -0.505 e. The van der Waals surface area contributed by atoms with Gasteiger partial charge in [0.1, 0.15) is 15.5 Å². The first-order valence-corrected chi connectivity index (χ1v) is 13.2. The van der Waals surface area contributed by atoms with E-state index in [1.165, 1.54) is 5.39 Å². The van der Waals surface area contributed by atoms with Gasteiger partial charge < -0.3 is 22.3 Å². The molecule has 0 saturated carbocycles. The molecule has 0 bridgehead atoms. The Morgan fingerprint density at radius 1 is 0.806 bits per heavy atom. The zero-order chi connectivity index (χ0) is 27.3. The Labute approximate surface area is 209 Å². The van der Waals surface area contributed by atoms with E-state index in [-0.39, 0.29) is 11.1 Å². The molecule has 4 aromatic carbocycles. The first kappa shape index (κ1) is 28.4. The molecule has 192 valence electrons. The van der Waals surface area contributed by atoms with Crippen molar-refractivity contribution in [1.29, 1.82) is 0 Å². The molecule has 12 heteroatoms. The number of benzene rings is 4. The Morgan fingerprint density at radius 3 is 1.89 bits per heavy atom. The molecule has 4 rings (SSSR count). The van der Waals surface area contributed by atoms with Crippen molar-refractivity contribution in [1.82, 2.24) is 0 Å². The highest BCUT2D eigenvalue weighted by molar-refractivity contribution is 7.86. The van der Waals surface area contributed by atoms with Crippen LogP contribution in [-0.2, 0) is 20.2 Å². The Kier molecular flexibility index (Phi) is 8.89. The Morgan fingerprint density at radius 2 is 1.36 bits per heavy atom. The lowest BCUT2D eigenvalue weighted by Gasteiger charge is -2.12. The van der Waals surface area contributed by atoms with Crippen molar-refractivity contribution >= 4 is 58.8 Å². The number of nitrogen functional groups attached to an aromatic ring is 3. The molecule has 0 aromatic heterocycles. The Hall–Kier alpha value is -3.84. The van der Waals surface area contributed by atoms with Crippen molar-refractivity contribution in [3.8, 4) is 5.75 Å². The Bertz CT molecular complexity index is 1630. The van der Waals surface area contributed by atoms with Crippen LogP contribution in [-0.4, -0.2) is 31.0 Å². The molecule has 0 aliphatic rings. The first-order chi connectivity index (χ1) is 16.7. The molecule has 36 heavy (non-hydrogen) atoms. The van der Waals surface area contributed by atoms with Gasteiger partial charge in [0, 0.05) is 22.1 Å². The largest absolute Gasteiger partial charge is 0.505 e. The van der Waals surface area contributed by atoms with Gasteiger partial charge in [-0.3, -0.25) is 9.11 Å². The highest BCUT2D eigenvalue weighted by Crippen LogP contribution is 2.41. The van der Waals surface area contributed by atoms with Crippen LogP contribution >= 0.6 is 0 Å². The molecule has 0 fully saturated rings. The van der Waals surface area contributed by atoms with Crippen molar-refractivity contribution in [2.24, 2.45) is 0 Å². The van der Waals surface area contributed by atoms with E-state index in [2.05, 4.69) is 25.6 Å². The summed E-state index contributed by atoms with van der Waals surface area (Å²) in [7, 11) is -9.55. The number of phenolic OH excluding ortho intramolecular Hbond substituents is 1. The molecular weight excluding hydrogens is 506 g/mol. The number of aromatic hydroxyl groups is 1. The van der Waals surface area contributed by atoms with E-state index in [1.54, 1.807) is 0 Å². The summed E-state index contributed by atoms with van der Waals surface area (Å²) < 4.78 is 63.2. The third-order valence-corrected chi connectivity index (χ3v) is 6.74. The fourth-order valence-corrected chi connectivity index (χ4v) is 4.49. The molecule has 0 spiro atoms. The van der Waals surface area contributed by atoms with Gasteiger partial charge in [-0.05, 0) is 36.1 Å². The van der Waals surface area contributed by atoms with Gasteiger partial charge in [0.05, 0.1) is 11.1 Å². The van der Waals surface area contributed by atoms with Gasteiger partial charge in [0.15, 0.2) is 0 Å². The molecule has 0 unspecified atom stereocenters. The van der Waals surface area contributed by atoms with Crippen LogP contribution in [0.25, 0.3) is 21.5 Å². The van der Waals surface area contributed by atoms with E-state index in [0.29, 0.717) is 6.07 Å². The number of phenols is 1. The summed E-state index contributed by atoms with van der Waals surface area (Å²) in [6, 6.07) is 16.8. The van der Waals surface area contributed by atoms with Crippen LogP contribution < -0.4 is 17.2 Å². The summed E-state index contributed by atoms with van der Waals surface area (Å²) in [5.74, 6) is -0.817. The third-order valence-electron chi connectivity index (χ3n) is 4.94. The fraction of sp³-hybridized carbons (Fsp3) is 0.0833. The molecule has 0 radical (unpaired) electrons. The third kappa shape index (κ3) is 6.43. The molecule has 0 aliphatic carbocycles. The smallest absolute Gasteiger partial charge is 0.296 e. The van der Waals surface area contributed by atoms with E-state index < -0.39 is 46.9 Å². The summed E-state index contributed by atoms with van der Waals surface area (Å²) in [5, 5.41) is 11.6. The summed E-state index contributed by atoms with van der Waals surface area (Å²) in [6.45, 7) is 5.54. The maximum atomic E-state index is 11.3. The van der Waals surface area contributed by atoms with E-state index in [1.807, 2.05) is 36.4 Å². The van der Waals surface area contributed by atoms with E-state index in [0.717, 1.165) is 29.6 Å². The quantitative estimate of drug-likeness (QED) is 0.0956. The molecule has 0 atom stereocenters. The minimum atomic E-state index is -4.82. The first-order valence-electron chi connectivity index (χ1n) is 10.4. The highest BCUT2D eigenvalue weighted by atomic mass is 32.2. The second kappa shape index (κ2) is 11.3. The zero-order valence-corrected chi connectivity index (χ0v) is 20.9. The van der Waals surface area contributed by atoms with Crippen LogP contribution in [0.3, 0.4) is 0 Å². The lowest BCUT2D eigenvalue weighted by Crippen LogP contribution is -2.06. The van der Waals surface area contributed by atoms with Crippen LogP contribution in [0.4, 0.5) is 17.1 Å². The fourth-order valence-electron chi connectivity index (χ4n) is 3.17. The average molecular weight is 534 g/mol. The molecule has 9 N–H and O–H groups in total. The van der Waals surface area contributed by atoms with Crippen LogP contribution in [0.15, 0.2) is 83.1 Å². The minimum absolute atomic E-state index is 0.0940. The molecule has 0 amide bonds. The zero-order valence-electron chi connectivity index (χ0n) is 19.3. The summed E-state index contributed by atoms with van der Waals surface area (Å²) in [4.78, 5) is -1.59. The topological polar surface area (TPSA) is 207 Å². The van der Waals surface area contributed by atoms with Crippen molar-refractivity contribution in [3.05, 3.63) is 73.3 Å². The van der Waals surface area contributed by atoms with Gasteiger partial charge in [0.25, 0.3) is 20.2 Å². The number of hydrogen-bond donors (Lipinski definition) is 6. The lowest BCUT2D eigenvalue weighted by atomic mass is 10.1. The predicted octanol–water partition coefficient (Wildman–Crippen LogP) is 4.21. The summed E-state index contributed by atoms with van der Waals surface area (Å²) in [6.07, 6.45) is 2.96. The number of fused-ring (bicyclic) bond motifs is 2. The van der Waals surface area contributed by atoms with E-state index in [4.69, 9.17) is 26.3 Å². The molecule has 0 aliphatic heterocycles.